The van der Waals surface area contributed by atoms with Crippen LogP contribution in [0.15, 0.2) is 40.9 Å². The van der Waals surface area contributed by atoms with Crippen LogP contribution in [0, 0.1) is 0 Å². The molecule has 1 aliphatic rings. The van der Waals surface area contributed by atoms with E-state index in [1.165, 1.54) is 6.07 Å². The van der Waals surface area contributed by atoms with Crippen molar-refractivity contribution in [1.29, 1.82) is 0 Å². The van der Waals surface area contributed by atoms with E-state index < -0.39 is 38.1 Å². The van der Waals surface area contributed by atoms with Crippen LogP contribution in [-0.2, 0) is 22.1 Å². The van der Waals surface area contributed by atoms with Gasteiger partial charge in [-0.2, -0.15) is 0 Å². The third-order valence-electron chi connectivity index (χ3n) is 7.67. The largest absolute Gasteiger partial charge is 0.507 e. The maximum absolute atomic E-state index is 13.7. The minimum atomic E-state index is -2.37. The molecule has 0 radical (unpaired) electrons. The summed E-state index contributed by atoms with van der Waals surface area (Å²) in [6, 6.07) is 10.3. The molecule has 0 bridgehead atoms. The molecule has 2 atom stereocenters. The van der Waals surface area contributed by atoms with Crippen LogP contribution in [0.3, 0.4) is 0 Å². The van der Waals surface area contributed by atoms with Gasteiger partial charge in [0.05, 0.1) is 24.3 Å². The van der Waals surface area contributed by atoms with Gasteiger partial charge in [0.15, 0.2) is 8.32 Å². The Hall–Kier alpha value is -2.08. The summed E-state index contributed by atoms with van der Waals surface area (Å²) in [5, 5.41) is 14.0. The number of rotatable bonds is 9. The second-order valence-corrected chi connectivity index (χ2v) is 19.6. The van der Waals surface area contributed by atoms with E-state index in [9.17, 15) is 14.7 Å². The van der Waals surface area contributed by atoms with Crippen LogP contribution < -0.4 is 10.1 Å². The van der Waals surface area contributed by atoms with Gasteiger partial charge in [-0.25, -0.2) is 4.79 Å². The zero-order chi connectivity index (χ0) is 31.5. The number of fused-ring (bicyclic) bond motifs is 1. The summed E-state index contributed by atoms with van der Waals surface area (Å²) >= 11 is 6.72. The lowest BCUT2D eigenvalue weighted by atomic mass is 9.91. The molecule has 0 spiro atoms. The molecule has 42 heavy (non-hydrogen) atoms. The van der Waals surface area contributed by atoms with E-state index in [0.717, 1.165) is 22.2 Å². The number of carbonyl (C=O) groups is 2. The van der Waals surface area contributed by atoms with Crippen molar-refractivity contribution in [3.8, 4) is 11.5 Å². The number of hydrogen-bond acceptors (Lipinski definition) is 6. The van der Waals surface area contributed by atoms with Gasteiger partial charge in [0, 0.05) is 22.9 Å². The first-order valence-electron chi connectivity index (χ1n) is 14.2. The standard InChI is InChI=1S/C31H44Br2N2O6Si/c1-30(2,3)40-29(38)35-19-20-9-11-23(39-14-13-32)15-21(20)16-25(35)27(41-42(7,8)31(4,5)6)18-34-28(37)24-12-10-22(33)17-26(24)36/h9-12,15,17,25,27,36H,13-14,16,18-19H2,1-8H3,(H,34,37)/t25-,27?/m0/s1. The Morgan fingerprint density at radius 3 is 2.38 bits per heavy atom. The number of benzene rings is 2. The Kier molecular flexibility index (Phi) is 11.2. The molecule has 1 heterocycles. The number of ether oxygens (including phenoxy) is 2. The highest BCUT2D eigenvalue weighted by Crippen LogP contribution is 2.39. The second kappa shape index (κ2) is 13.7. The fourth-order valence-corrected chi connectivity index (χ4v) is 6.34. The summed E-state index contributed by atoms with van der Waals surface area (Å²) in [5.41, 5.74) is 1.56. The molecular formula is C31H44Br2N2O6Si. The van der Waals surface area contributed by atoms with E-state index in [0.29, 0.717) is 24.0 Å². The molecular weight excluding hydrogens is 684 g/mol. The zero-order valence-corrected chi connectivity index (χ0v) is 30.0. The third kappa shape index (κ3) is 8.97. The summed E-state index contributed by atoms with van der Waals surface area (Å²) < 4.78 is 19.4. The van der Waals surface area contributed by atoms with Crippen molar-refractivity contribution in [1.82, 2.24) is 10.2 Å². The van der Waals surface area contributed by atoms with Gasteiger partial charge >= 0.3 is 6.09 Å². The van der Waals surface area contributed by atoms with Crippen molar-refractivity contribution >= 4 is 52.2 Å². The number of phenols is 1. The third-order valence-corrected chi connectivity index (χ3v) is 13.0. The SMILES string of the molecule is CC(C)(C)OC(=O)N1Cc2ccc(OCCBr)cc2C[C@H]1C(CNC(=O)c1ccc(Br)cc1O)O[Si](C)(C)C(C)(C)C. The molecule has 0 fully saturated rings. The Labute approximate surface area is 267 Å². The van der Waals surface area contributed by atoms with Gasteiger partial charge in [0.1, 0.15) is 17.1 Å². The number of nitrogens with one attached hydrogen (secondary N) is 1. The Balaban J connectivity index is 2.02. The molecule has 3 rings (SSSR count). The van der Waals surface area contributed by atoms with Crippen molar-refractivity contribution in [2.75, 3.05) is 18.5 Å². The van der Waals surface area contributed by atoms with Crippen LogP contribution in [0.25, 0.3) is 0 Å². The first kappa shape index (κ1) is 34.4. The molecule has 11 heteroatoms. The summed E-state index contributed by atoms with van der Waals surface area (Å²) in [7, 11) is -2.37. The number of amides is 2. The minimum Gasteiger partial charge on any atom is -0.507 e. The van der Waals surface area contributed by atoms with Gasteiger partial charge in [-0.1, -0.05) is 58.7 Å². The number of halogens is 2. The highest BCUT2D eigenvalue weighted by Gasteiger charge is 2.44. The highest BCUT2D eigenvalue weighted by atomic mass is 79.9. The van der Waals surface area contributed by atoms with Crippen LogP contribution in [0.5, 0.6) is 11.5 Å². The van der Waals surface area contributed by atoms with Gasteiger partial charge in [-0.15, -0.1) is 0 Å². The lowest BCUT2D eigenvalue weighted by Gasteiger charge is -2.46. The topological polar surface area (TPSA) is 97.3 Å². The molecule has 0 aliphatic carbocycles. The maximum Gasteiger partial charge on any atom is 0.410 e. The van der Waals surface area contributed by atoms with Crippen LogP contribution >= 0.6 is 31.9 Å². The van der Waals surface area contributed by atoms with Gasteiger partial charge in [0.2, 0.25) is 0 Å². The van der Waals surface area contributed by atoms with E-state index in [-0.39, 0.29) is 22.9 Å². The Morgan fingerprint density at radius 1 is 1.10 bits per heavy atom. The van der Waals surface area contributed by atoms with E-state index in [2.05, 4.69) is 71.0 Å². The Bertz CT molecular complexity index is 1280. The molecule has 0 aromatic heterocycles. The lowest BCUT2D eigenvalue weighted by molar-refractivity contribution is -0.00882. The van der Waals surface area contributed by atoms with Crippen molar-refractivity contribution in [2.45, 2.75) is 90.4 Å². The normalized spacial score (nSPS) is 16.4. The number of hydrogen-bond donors (Lipinski definition) is 2. The minimum absolute atomic E-state index is 0.112. The second-order valence-electron chi connectivity index (χ2n) is 13.1. The molecule has 1 unspecified atom stereocenters. The summed E-state index contributed by atoms with van der Waals surface area (Å²) in [4.78, 5) is 28.6. The summed E-state index contributed by atoms with van der Waals surface area (Å²) in [6.07, 6.45) is -0.475. The first-order valence-corrected chi connectivity index (χ1v) is 19.0. The quantitative estimate of drug-likeness (QED) is 0.206. The van der Waals surface area contributed by atoms with Crippen LogP contribution in [0.1, 0.15) is 63.0 Å². The molecule has 2 aromatic carbocycles. The lowest BCUT2D eigenvalue weighted by Crippen LogP contribution is -2.58. The average molecular weight is 729 g/mol. The smallest absolute Gasteiger partial charge is 0.410 e. The van der Waals surface area contributed by atoms with E-state index in [4.69, 9.17) is 13.9 Å². The fraction of sp³-hybridized carbons (Fsp3) is 0.548. The van der Waals surface area contributed by atoms with Crippen LogP contribution in [0.2, 0.25) is 18.1 Å². The molecule has 0 saturated carbocycles. The molecule has 1 aliphatic heterocycles. The van der Waals surface area contributed by atoms with Crippen molar-refractivity contribution in [2.24, 2.45) is 0 Å². The molecule has 0 saturated heterocycles. The predicted molar refractivity (Wildman–Crippen MR) is 175 cm³/mol. The molecule has 8 nitrogen and oxygen atoms in total. The maximum atomic E-state index is 13.7. The van der Waals surface area contributed by atoms with Crippen molar-refractivity contribution in [3.05, 3.63) is 57.6 Å². The van der Waals surface area contributed by atoms with Crippen LogP contribution in [0.4, 0.5) is 4.79 Å². The molecule has 2 aromatic rings. The first-order chi connectivity index (χ1) is 19.4. The monoisotopic (exact) mass is 726 g/mol. The van der Waals surface area contributed by atoms with Gasteiger partial charge in [-0.05, 0) is 86.8 Å². The number of nitrogens with zero attached hydrogens (tertiary/aromatic N) is 1. The van der Waals surface area contributed by atoms with Gasteiger partial charge < -0.3 is 24.3 Å². The number of phenolic OH excluding ortho intramolecular Hbond substituents is 1. The van der Waals surface area contributed by atoms with Gasteiger partial charge in [-0.3, -0.25) is 9.69 Å². The van der Waals surface area contributed by atoms with Crippen molar-refractivity contribution < 1.29 is 28.6 Å². The zero-order valence-electron chi connectivity index (χ0n) is 25.8. The molecule has 2 N–H and O–H groups in total. The van der Waals surface area contributed by atoms with E-state index in [1.54, 1.807) is 17.0 Å². The van der Waals surface area contributed by atoms with E-state index in [1.807, 2.05) is 39.0 Å². The van der Waals surface area contributed by atoms with Crippen molar-refractivity contribution in [3.63, 3.8) is 0 Å². The number of carbonyl (C=O) groups excluding carboxylic acids is 2. The predicted octanol–water partition coefficient (Wildman–Crippen LogP) is 7.41. The molecule has 232 valence electrons. The fourth-order valence-electron chi connectivity index (χ4n) is 4.48. The summed E-state index contributed by atoms with van der Waals surface area (Å²) in [6.45, 7) is 17.3. The van der Waals surface area contributed by atoms with Crippen LogP contribution in [-0.4, -0.2) is 66.6 Å². The Morgan fingerprint density at radius 2 is 1.79 bits per heavy atom. The number of aromatic hydroxyl groups is 1. The average Bonchev–Trinajstić information content (AvgIpc) is 2.87. The number of alkyl halides is 1. The highest BCUT2D eigenvalue weighted by molar-refractivity contribution is 9.10. The van der Waals surface area contributed by atoms with E-state index >= 15 is 0 Å². The van der Waals surface area contributed by atoms with Gasteiger partial charge in [0.25, 0.3) is 5.91 Å². The summed E-state index contributed by atoms with van der Waals surface area (Å²) in [5.74, 6) is 0.217. The molecule has 2 amide bonds.